The van der Waals surface area contributed by atoms with E-state index in [1.54, 1.807) is 0 Å². The van der Waals surface area contributed by atoms with Crippen molar-refractivity contribution in [2.24, 2.45) is 0 Å². The summed E-state index contributed by atoms with van der Waals surface area (Å²) in [4.78, 5) is 0. The Labute approximate surface area is 137 Å². The SMILES string of the molecule is C=CCC1=CC=CC1P(=S)(c1ccccc1)c1ccccc1. The molecule has 0 radical (unpaired) electrons. The van der Waals surface area contributed by atoms with Crippen molar-refractivity contribution in [3.05, 3.63) is 97.1 Å². The third-order valence-electron chi connectivity index (χ3n) is 4.03. The molecule has 1 atom stereocenters. The molecule has 2 aromatic rings. The van der Waals surface area contributed by atoms with Crippen LogP contribution >= 0.6 is 6.04 Å². The van der Waals surface area contributed by atoms with E-state index in [0.29, 0.717) is 5.66 Å². The van der Waals surface area contributed by atoms with E-state index in [0.717, 1.165) is 6.42 Å². The van der Waals surface area contributed by atoms with E-state index in [-0.39, 0.29) is 0 Å². The fraction of sp³-hybridized carbons (Fsp3) is 0.100. The first-order chi connectivity index (χ1) is 10.8. The van der Waals surface area contributed by atoms with Crippen LogP contribution in [0.2, 0.25) is 0 Å². The van der Waals surface area contributed by atoms with Crippen molar-refractivity contribution in [2.75, 3.05) is 0 Å². The van der Waals surface area contributed by atoms with Crippen LogP contribution in [0.4, 0.5) is 0 Å². The number of hydrogen-bond donors (Lipinski definition) is 0. The van der Waals surface area contributed by atoms with Gasteiger partial charge in [-0.2, -0.15) is 0 Å². The second kappa shape index (κ2) is 6.60. The molecule has 3 rings (SSSR count). The largest absolute Gasteiger partial charge is 0.103 e. The zero-order chi connectivity index (χ0) is 15.4. The van der Waals surface area contributed by atoms with E-state index >= 15 is 0 Å². The first kappa shape index (κ1) is 15.2. The summed E-state index contributed by atoms with van der Waals surface area (Å²) in [6, 6.07) is 19.3. The minimum absolute atomic E-state index is 0.297. The Kier molecular flexibility index (Phi) is 4.57. The lowest BCUT2D eigenvalue weighted by atomic mass is 10.1. The van der Waals surface area contributed by atoms with Crippen LogP contribution in [0.1, 0.15) is 6.42 Å². The predicted octanol–water partition coefficient (Wildman–Crippen LogP) is 4.56. The van der Waals surface area contributed by atoms with Gasteiger partial charge in [0.15, 0.2) is 0 Å². The summed E-state index contributed by atoms with van der Waals surface area (Å²) in [6.45, 7) is 3.90. The van der Waals surface area contributed by atoms with Gasteiger partial charge < -0.3 is 0 Å². The van der Waals surface area contributed by atoms with Crippen molar-refractivity contribution in [2.45, 2.75) is 12.1 Å². The van der Waals surface area contributed by atoms with Crippen molar-refractivity contribution in [1.82, 2.24) is 0 Å². The molecule has 0 aliphatic heterocycles. The van der Waals surface area contributed by atoms with Crippen LogP contribution in [-0.4, -0.2) is 5.66 Å². The Bertz CT molecular complexity index is 713. The highest BCUT2D eigenvalue weighted by Crippen LogP contribution is 2.54. The second-order valence-corrected chi connectivity index (χ2v) is 10.0. The zero-order valence-electron chi connectivity index (χ0n) is 12.4. The number of hydrogen-bond acceptors (Lipinski definition) is 1. The van der Waals surface area contributed by atoms with Crippen LogP contribution in [0.3, 0.4) is 0 Å². The van der Waals surface area contributed by atoms with Gasteiger partial charge in [0.25, 0.3) is 0 Å². The van der Waals surface area contributed by atoms with Gasteiger partial charge in [0.1, 0.15) is 0 Å². The molecule has 1 unspecified atom stereocenters. The van der Waals surface area contributed by atoms with E-state index in [4.69, 9.17) is 11.8 Å². The first-order valence-corrected chi connectivity index (χ1v) is 10.3. The minimum atomic E-state index is -1.93. The second-order valence-electron chi connectivity index (χ2n) is 5.39. The van der Waals surface area contributed by atoms with Crippen LogP contribution in [0, 0.1) is 0 Å². The Morgan fingerprint density at radius 3 is 2.00 bits per heavy atom. The van der Waals surface area contributed by atoms with Gasteiger partial charge in [-0.25, -0.2) is 0 Å². The first-order valence-electron chi connectivity index (χ1n) is 7.46. The van der Waals surface area contributed by atoms with Gasteiger partial charge in [-0.05, 0) is 17.0 Å². The molecule has 22 heavy (non-hydrogen) atoms. The van der Waals surface area contributed by atoms with Gasteiger partial charge in [-0.3, -0.25) is 0 Å². The van der Waals surface area contributed by atoms with E-state index < -0.39 is 6.04 Å². The smallest absolute Gasteiger partial charge is 0.0355 e. The standard InChI is InChI=1S/C20H19PS/c1-2-10-17-11-9-16-20(17)21(22,18-12-5-3-6-13-18)19-14-7-4-8-15-19/h2-9,11-16,20H,1,10H2. The summed E-state index contributed by atoms with van der Waals surface area (Å²) in [5.74, 6) is 0. The maximum atomic E-state index is 6.37. The van der Waals surface area contributed by atoms with E-state index in [1.807, 2.05) is 6.08 Å². The molecule has 0 fully saturated rings. The molecular weight excluding hydrogens is 303 g/mol. The van der Waals surface area contributed by atoms with E-state index in [9.17, 15) is 0 Å². The third-order valence-corrected chi connectivity index (χ3v) is 9.40. The molecule has 0 saturated heterocycles. The topological polar surface area (TPSA) is 0 Å². The summed E-state index contributed by atoms with van der Waals surface area (Å²) >= 11 is 6.37. The molecule has 0 bridgehead atoms. The van der Waals surface area contributed by atoms with Crippen molar-refractivity contribution in [3.8, 4) is 0 Å². The zero-order valence-corrected chi connectivity index (χ0v) is 14.1. The van der Waals surface area contributed by atoms with E-state index in [2.05, 4.69) is 85.5 Å². The lowest BCUT2D eigenvalue weighted by Gasteiger charge is -2.30. The molecule has 1 aliphatic rings. The van der Waals surface area contributed by atoms with Gasteiger partial charge >= 0.3 is 0 Å². The third kappa shape index (κ3) is 2.67. The van der Waals surface area contributed by atoms with Crippen molar-refractivity contribution in [3.63, 3.8) is 0 Å². The van der Waals surface area contributed by atoms with E-state index in [1.165, 1.54) is 16.2 Å². The molecule has 0 saturated carbocycles. The van der Waals surface area contributed by atoms with Crippen LogP contribution in [0.5, 0.6) is 0 Å². The molecule has 0 N–H and O–H groups in total. The highest BCUT2D eigenvalue weighted by Gasteiger charge is 2.33. The Morgan fingerprint density at radius 2 is 1.50 bits per heavy atom. The van der Waals surface area contributed by atoms with Crippen molar-refractivity contribution in [1.29, 1.82) is 0 Å². The highest BCUT2D eigenvalue weighted by molar-refractivity contribution is 8.22. The normalized spacial score (nSPS) is 17.3. The Balaban J connectivity index is 2.17. The average molecular weight is 322 g/mol. The monoisotopic (exact) mass is 322 g/mol. The van der Waals surface area contributed by atoms with Crippen molar-refractivity contribution < 1.29 is 0 Å². The quantitative estimate of drug-likeness (QED) is 0.574. The lowest BCUT2D eigenvalue weighted by Crippen LogP contribution is -2.25. The summed E-state index contributed by atoms with van der Waals surface area (Å²) in [5, 5.41) is 2.56. The fourth-order valence-corrected chi connectivity index (χ4v) is 7.50. The molecule has 0 amide bonds. The van der Waals surface area contributed by atoms with Gasteiger partial charge in [-0.15, -0.1) is 6.58 Å². The van der Waals surface area contributed by atoms with Crippen molar-refractivity contribution >= 4 is 28.5 Å². The predicted molar refractivity (Wildman–Crippen MR) is 102 cm³/mol. The van der Waals surface area contributed by atoms with Crippen LogP contribution in [-0.2, 0) is 11.8 Å². The Hall–Kier alpha value is -1.69. The fourth-order valence-electron chi connectivity index (χ4n) is 2.99. The van der Waals surface area contributed by atoms with Crippen LogP contribution in [0.25, 0.3) is 0 Å². The maximum absolute atomic E-state index is 6.37. The summed E-state index contributed by atoms with van der Waals surface area (Å²) in [6.07, 6.45) is 9.51. The van der Waals surface area contributed by atoms with Gasteiger partial charge in [0.05, 0.1) is 0 Å². The van der Waals surface area contributed by atoms with Crippen LogP contribution in [0.15, 0.2) is 97.1 Å². The number of benzene rings is 2. The van der Waals surface area contributed by atoms with Gasteiger partial charge in [0, 0.05) is 11.7 Å². The molecular formula is C20H19PS. The summed E-state index contributed by atoms with van der Waals surface area (Å²) < 4.78 is 0. The number of allylic oxidation sites excluding steroid dienone is 5. The van der Waals surface area contributed by atoms with Crippen LogP contribution < -0.4 is 10.6 Å². The van der Waals surface area contributed by atoms with Gasteiger partial charge in [-0.1, -0.05) is 102 Å². The highest BCUT2D eigenvalue weighted by atomic mass is 32.4. The molecule has 1 aliphatic carbocycles. The Morgan fingerprint density at radius 1 is 0.955 bits per heavy atom. The lowest BCUT2D eigenvalue weighted by molar-refractivity contribution is 1.14. The summed E-state index contributed by atoms with van der Waals surface area (Å²) in [7, 11) is 0. The maximum Gasteiger partial charge on any atom is 0.0355 e. The molecule has 0 spiro atoms. The minimum Gasteiger partial charge on any atom is -0.103 e. The molecule has 110 valence electrons. The summed E-state index contributed by atoms with van der Waals surface area (Å²) in [5.41, 5.74) is 1.68. The molecule has 0 aromatic heterocycles. The molecule has 2 heteroatoms. The molecule has 0 nitrogen and oxygen atoms in total. The number of rotatable bonds is 5. The molecule has 2 aromatic carbocycles. The van der Waals surface area contributed by atoms with Gasteiger partial charge in [0.2, 0.25) is 0 Å². The average Bonchev–Trinajstić information content (AvgIpc) is 3.05. The molecule has 0 heterocycles.